The van der Waals surface area contributed by atoms with Gasteiger partial charge in [-0.2, -0.15) is 0 Å². The van der Waals surface area contributed by atoms with Gasteiger partial charge in [-0.05, 0) is 24.1 Å². The number of hydrogen-bond donors (Lipinski definition) is 1. The van der Waals surface area contributed by atoms with Gasteiger partial charge in [0.2, 0.25) is 5.91 Å². The minimum atomic E-state index is -0.0872. The number of nitrogens with one attached hydrogen (secondary N) is 1. The third kappa shape index (κ3) is 4.33. The molecule has 0 radical (unpaired) electrons. The summed E-state index contributed by atoms with van der Waals surface area (Å²) in [6.07, 6.45) is 4.00. The van der Waals surface area contributed by atoms with Gasteiger partial charge >= 0.3 is 0 Å². The SMILES string of the molecule is CCn1ccnc1CNC(=O)CC(c1ccccc1)c1ccccc1Cl. The van der Waals surface area contributed by atoms with E-state index >= 15 is 0 Å². The summed E-state index contributed by atoms with van der Waals surface area (Å²) >= 11 is 6.41. The van der Waals surface area contributed by atoms with Gasteiger partial charge in [0.15, 0.2) is 0 Å². The second kappa shape index (κ2) is 8.68. The normalized spacial score (nSPS) is 11.9. The zero-order valence-electron chi connectivity index (χ0n) is 14.7. The van der Waals surface area contributed by atoms with E-state index in [9.17, 15) is 4.79 Å². The number of imidazole rings is 1. The van der Waals surface area contributed by atoms with E-state index in [1.807, 2.05) is 65.4 Å². The number of carbonyl (C=O) groups excluding carboxylic acids is 1. The third-order valence-electron chi connectivity index (χ3n) is 4.46. The Morgan fingerprint density at radius 2 is 1.88 bits per heavy atom. The summed E-state index contributed by atoms with van der Waals surface area (Å²) in [6.45, 7) is 3.30. The lowest BCUT2D eigenvalue weighted by molar-refractivity contribution is -0.121. The molecule has 1 amide bonds. The summed E-state index contributed by atoms with van der Waals surface area (Å²) in [5.41, 5.74) is 2.04. The van der Waals surface area contributed by atoms with E-state index in [-0.39, 0.29) is 11.8 Å². The van der Waals surface area contributed by atoms with E-state index in [0.717, 1.165) is 23.5 Å². The molecule has 0 bridgehead atoms. The van der Waals surface area contributed by atoms with Crippen LogP contribution in [0.2, 0.25) is 5.02 Å². The van der Waals surface area contributed by atoms with Crippen LogP contribution in [0.5, 0.6) is 0 Å². The number of aromatic nitrogens is 2. The summed E-state index contributed by atoms with van der Waals surface area (Å²) < 4.78 is 2.02. The maximum Gasteiger partial charge on any atom is 0.221 e. The fraction of sp³-hybridized carbons (Fsp3) is 0.238. The van der Waals surface area contributed by atoms with Crippen molar-refractivity contribution in [1.82, 2.24) is 14.9 Å². The van der Waals surface area contributed by atoms with Crippen molar-refractivity contribution >= 4 is 17.5 Å². The molecule has 26 heavy (non-hydrogen) atoms. The van der Waals surface area contributed by atoms with E-state index < -0.39 is 0 Å². The predicted molar refractivity (Wildman–Crippen MR) is 104 cm³/mol. The molecule has 0 saturated heterocycles. The Balaban J connectivity index is 1.76. The molecule has 0 saturated carbocycles. The van der Waals surface area contributed by atoms with Crippen molar-refractivity contribution in [3.05, 3.63) is 89.0 Å². The quantitative estimate of drug-likeness (QED) is 0.673. The van der Waals surface area contributed by atoms with E-state index in [4.69, 9.17) is 11.6 Å². The first kappa shape index (κ1) is 18.2. The zero-order chi connectivity index (χ0) is 18.4. The predicted octanol–water partition coefficient (Wildman–Crippen LogP) is 4.39. The largest absolute Gasteiger partial charge is 0.349 e. The van der Waals surface area contributed by atoms with E-state index in [2.05, 4.69) is 17.2 Å². The van der Waals surface area contributed by atoms with Crippen LogP contribution in [0, 0.1) is 0 Å². The molecule has 0 aliphatic heterocycles. The fourth-order valence-corrected chi connectivity index (χ4v) is 3.35. The highest BCUT2D eigenvalue weighted by molar-refractivity contribution is 6.31. The van der Waals surface area contributed by atoms with E-state index in [1.165, 1.54) is 0 Å². The van der Waals surface area contributed by atoms with Crippen LogP contribution >= 0.6 is 11.6 Å². The molecule has 4 nitrogen and oxygen atoms in total. The van der Waals surface area contributed by atoms with Crippen LogP contribution in [-0.2, 0) is 17.9 Å². The summed E-state index contributed by atoms with van der Waals surface area (Å²) in [5.74, 6) is 0.745. The summed E-state index contributed by atoms with van der Waals surface area (Å²) in [5, 5.41) is 3.66. The minimum absolute atomic E-state index is 0.0237. The highest BCUT2D eigenvalue weighted by atomic mass is 35.5. The molecule has 0 aliphatic rings. The third-order valence-corrected chi connectivity index (χ3v) is 4.80. The van der Waals surface area contributed by atoms with Gasteiger partial charge in [-0.3, -0.25) is 4.79 Å². The van der Waals surface area contributed by atoms with Gasteiger partial charge in [-0.15, -0.1) is 0 Å². The maximum absolute atomic E-state index is 12.6. The van der Waals surface area contributed by atoms with E-state index in [0.29, 0.717) is 18.0 Å². The molecule has 0 fully saturated rings. The molecule has 1 N–H and O–H groups in total. The Hall–Kier alpha value is -2.59. The number of halogens is 1. The van der Waals surface area contributed by atoms with Crippen molar-refractivity contribution in [2.75, 3.05) is 0 Å². The summed E-state index contributed by atoms with van der Waals surface area (Å²) in [4.78, 5) is 16.9. The first-order valence-corrected chi connectivity index (χ1v) is 9.13. The van der Waals surface area contributed by atoms with Gasteiger partial charge < -0.3 is 9.88 Å². The smallest absolute Gasteiger partial charge is 0.221 e. The van der Waals surface area contributed by atoms with Crippen LogP contribution in [0.1, 0.15) is 36.2 Å². The molecule has 2 aromatic carbocycles. The van der Waals surface area contributed by atoms with Gasteiger partial charge in [0.25, 0.3) is 0 Å². The lowest BCUT2D eigenvalue weighted by Gasteiger charge is -2.19. The van der Waals surface area contributed by atoms with Crippen LogP contribution in [0.15, 0.2) is 67.0 Å². The molecule has 1 unspecified atom stereocenters. The molecule has 5 heteroatoms. The topological polar surface area (TPSA) is 46.9 Å². The number of carbonyl (C=O) groups is 1. The Bertz CT molecular complexity index is 860. The highest BCUT2D eigenvalue weighted by Crippen LogP contribution is 2.32. The molecule has 1 heterocycles. The number of aryl methyl sites for hydroxylation is 1. The average molecular weight is 368 g/mol. The standard InChI is InChI=1S/C21H22ClN3O/c1-2-25-13-12-23-20(25)15-24-21(26)14-18(16-8-4-3-5-9-16)17-10-6-7-11-19(17)22/h3-13,18H,2,14-15H2,1H3,(H,24,26). The van der Waals surface area contributed by atoms with Crippen molar-refractivity contribution in [3.63, 3.8) is 0 Å². The van der Waals surface area contributed by atoms with E-state index in [1.54, 1.807) is 6.20 Å². The van der Waals surface area contributed by atoms with Crippen LogP contribution in [-0.4, -0.2) is 15.5 Å². The van der Waals surface area contributed by atoms with Crippen molar-refractivity contribution in [1.29, 1.82) is 0 Å². The van der Waals surface area contributed by atoms with Crippen molar-refractivity contribution < 1.29 is 4.79 Å². The first-order chi connectivity index (χ1) is 12.7. The van der Waals surface area contributed by atoms with Crippen LogP contribution < -0.4 is 5.32 Å². The molecular weight excluding hydrogens is 346 g/mol. The van der Waals surface area contributed by atoms with Crippen molar-refractivity contribution in [2.45, 2.75) is 32.4 Å². The lowest BCUT2D eigenvalue weighted by Crippen LogP contribution is -2.26. The first-order valence-electron chi connectivity index (χ1n) is 8.75. The van der Waals surface area contributed by atoms with Crippen LogP contribution in [0.25, 0.3) is 0 Å². The number of hydrogen-bond acceptors (Lipinski definition) is 2. The van der Waals surface area contributed by atoms with Gasteiger partial charge in [0, 0.05) is 36.3 Å². The van der Waals surface area contributed by atoms with Gasteiger partial charge in [-0.1, -0.05) is 60.1 Å². The number of nitrogens with zero attached hydrogens (tertiary/aromatic N) is 2. The molecule has 134 valence electrons. The van der Waals surface area contributed by atoms with Gasteiger partial charge in [-0.25, -0.2) is 4.98 Å². The van der Waals surface area contributed by atoms with Gasteiger partial charge in [0.1, 0.15) is 5.82 Å². The Morgan fingerprint density at radius 1 is 1.15 bits per heavy atom. The zero-order valence-corrected chi connectivity index (χ0v) is 15.5. The molecule has 0 spiro atoms. The second-order valence-corrected chi connectivity index (χ2v) is 6.50. The molecular formula is C21H22ClN3O. The van der Waals surface area contributed by atoms with Crippen molar-refractivity contribution in [2.24, 2.45) is 0 Å². The van der Waals surface area contributed by atoms with Crippen LogP contribution in [0.3, 0.4) is 0 Å². The Morgan fingerprint density at radius 3 is 2.62 bits per heavy atom. The lowest BCUT2D eigenvalue weighted by atomic mass is 9.88. The molecule has 3 rings (SSSR count). The molecule has 3 aromatic rings. The second-order valence-electron chi connectivity index (χ2n) is 6.10. The monoisotopic (exact) mass is 367 g/mol. The molecule has 0 aliphatic carbocycles. The Labute approximate surface area is 158 Å². The minimum Gasteiger partial charge on any atom is -0.349 e. The van der Waals surface area contributed by atoms with Gasteiger partial charge in [0.05, 0.1) is 6.54 Å². The number of amides is 1. The Kier molecular flexibility index (Phi) is 6.08. The summed E-state index contributed by atoms with van der Waals surface area (Å²) in [6, 6.07) is 17.7. The number of benzene rings is 2. The summed E-state index contributed by atoms with van der Waals surface area (Å²) in [7, 11) is 0. The van der Waals surface area contributed by atoms with Crippen LogP contribution in [0.4, 0.5) is 0 Å². The maximum atomic E-state index is 12.6. The highest BCUT2D eigenvalue weighted by Gasteiger charge is 2.20. The van der Waals surface area contributed by atoms with Crippen molar-refractivity contribution in [3.8, 4) is 0 Å². The fourth-order valence-electron chi connectivity index (χ4n) is 3.08. The molecule has 1 aromatic heterocycles. The molecule has 1 atom stereocenters. The number of rotatable bonds is 7. The average Bonchev–Trinajstić information content (AvgIpc) is 3.13.